The van der Waals surface area contributed by atoms with Gasteiger partial charge in [0.15, 0.2) is 5.78 Å². The summed E-state index contributed by atoms with van der Waals surface area (Å²) in [5.74, 6) is -0.00655. The minimum atomic E-state index is -0.483. The third-order valence-electron chi connectivity index (χ3n) is 7.41. The van der Waals surface area contributed by atoms with E-state index in [0.29, 0.717) is 29.0 Å². The van der Waals surface area contributed by atoms with E-state index in [1.54, 1.807) is 19.2 Å². The first-order valence-corrected chi connectivity index (χ1v) is 12.7. The van der Waals surface area contributed by atoms with Crippen molar-refractivity contribution in [2.45, 2.75) is 63.4 Å². The Hall–Kier alpha value is -3.05. The zero-order chi connectivity index (χ0) is 24.5. The smallest absolute Gasteiger partial charge is 0.337 e. The molecular weight excluding hydrogens is 462 g/mol. The van der Waals surface area contributed by atoms with Crippen LogP contribution in [-0.2, 0) is 14.3 Å². The van der Waals surface area contributed by atoms with E-state index >= 15 is 0 Å². The molecule has 2 aromatic carbocycles. The van der Waals surface area contributed by atoms with E-state index in [1.165, 1.54) is 0 Å². The Morgan fingerprint density at radius 3 is 2.46 bits per heavy atom. The maximum absolute atomic E-state index is 13.7. The zero-order valence-corrected chi connectivity index (χ0v) is 20.9. The molecule has 1 aliphatic heterocycles. The van der Waals surface area contributed by atoms with Crippen molar-refractivity contribution in [3.05, 3.63) is 87.2 Å². The second-order valence-corrected chi connectivity index (χ2v) is 10.1. The van der Waals surface area contributed by atoms with Gasteiger partial charge in [0.2, 0.25) is 0 Å². The van der Waals surface area contributed by atoms with Gasteiger partial charge in [-0.3, -0.25) is 4.79 Å². The van der Waals surface area contributed by atoms with Gasteiger partial charge in [0.1, 0.15) is 11.9 Å². The van der Waals surface area contributed by atoms with Gasteiger partial charge in [-0.25, -0.2) is 4.79 Å². The molecule has 0 aromatic heterocycles. The summed E-state index contributed by atoms with van der Waals surface area (Å²) in [4.78, 5) is 27.2. The van der Waals surface area contributed by atoms with Crippen LogP contribution in [0.2, 0.25) is 5.02 Å². The quantitative estimate of drug-likeness (QED) is 0.505. The fourth-order valence-corrected chi connectivity index (χ4v) is 5.87. The summed E-state index contributed by atoms with van der Waals surface area (Å²) in [5.41, 5.74) is 4.66. The summed E-state index contributed by atoms with van der Waals surface area (Å²) in [5, 5.41) is 4.03. The number of nitrogens with one attached hydrogen (secondary N) is 1. The number of dihydropyridines is 1. The van der Waals surface area contributed by atoms with Crippen molar-refractivity contribution in [3.63, 3.8) is 0 Å². The number of allylic oxidation sites excluding steroid dienone is 3. The summed E-state index contributed by atoms with van der Waals surface area (Å²) in [6.45, 7) is 1.90. The first-order valence-electron chi connectivity index (χ1n) is 12.3. The molecule has 2 aromatic rings. The van der Waals surface area contributed by atoms with Crippen LogP contribution in [0.25, 0.3) is 0 Å². The minimum absolute atomic E-state index is 0.00411. The number of esters is 1. The van der Waals surface area contributed by atoms with E-state index in [9.17, 15) is 9.59 Å². The first kappa shape index (κ1) is 23.7. The van der Waals surface area contributed by atoms with Crippen molar-refractivity contribution in [3.8, 4) is 5.75 Å². The molecule has 0 bridgehead atoms. The van der Waals surface area contributed by atoms with Crippen molar-refractivity contribution in [1.82, 2.24) is 5.32 Å². The maximum Gasteiger partial charge on any atom is 0.337 e. The molecule has 0 radical (unpaired) electrons. The number of carbonyl (C=O) groups excluding carboxylic acids is 2. The number of ether oxygens (including phenoxy) is 2. The lowest BCUT2D eigenvalue weighted by Crippen LogP contribution is -2.36. The number of Topliss-reactive ketones (excluding diaryl/α,β-unsaturated/α-hetero) is 1. The Bertz CT molecular complexity index is 1210. The third kappa shape index (κ3) is 4.62. The summed E-state index contributed by atoms with van der Waals surface area (Å²) in [6.07, 6.45) is 4.90. The number of methoxy groups -OCH3 is 1. The molecule has 182 valence electrons. The Balaban J connectivity index is 1.54. The number of benzene rings is 2. The molecule has 1 N–H and O–H groups in total. The number of carbonyl (C=O) groups is 2. The molecule has 5 rings (SSSR count). The van der Waals surface area contributed by atoms with Gasteiger partial charge in [-0.05, 0) is 68.4 Å². The summed E-state index contributed by atoms with van der Waals surface area (Å²) in [6, 6.07) is 15.3. The van der Waals surface area contributed by atoms with Crippen LogP contribution in [0.1, 0.15) is 68.4 Å². The van der Waals surface area contributed by atoms with Gasteiger partial charge in [0, 0.05) is 40.2 Å². The van der Waals surface area contributed by atoms with E-state index < -0.39 is 5.92 Å². The highest BCUT2D eigenvalue weighted by atomic mass is 35.5. The van der Waals surface area contributed by atoms with Gasteiger partial charge in [-0.1, -0.05) is 41.9 Å². The van der Waals surface area contributed by atoms with Crippen LogP contribution in [0.3, 0.4) is 0 Å². The highest BCUT2D eigenvalue weighted by molar-refractivity contribution is 6.30. The van der Waals surface area contributed by atoms with Crippen LogP contribution < -0.4 is 10.1 Å². The van der Waals surface area contributed by atoms with Crippen LogP contribution >= 0.6 is 11.6 Å². The second kappa shape index (κ2) is 9.90. The molecule has 1 heterocycles. The number of para-hydroxylation sites is 1. The monoisotopic (exact) mass is 491 g/mol. The van der Waals surface area contributed by atoms with E-state index in [-0.39, 0.29) is 23.8 Å². The Morgan fingerprint density at radius 2 is 1.74 bits per heavy atom. The highest BCUT2D eigenvalue weighted by Crippen LogP contribution is 2.47. The number of halogens is 1. The van der Waals surface area contributed by atoms with Gasteiger partial charge in [-0.15, -0.1) is 0 Å². The molecule has 0 amide bonds. The standard InChI is InChI=1S/C29H30ClNO4/c1-17-26(29(33)35-21-7-3-4-8-21)27(18-11-13-20(30)14-12-18)28-23(31-17)15-19(16-24(28)32)22-9-5-6-10-25(22)34-2/h5-6,9-14,19,21,27,31H,3-4,7-8,15-16H2,1-2H3/t19-,27-/m1/s1. The lowest BCUT2D eigenvalue weighted by Gasteiger charge is -2.37. The topological polar surface area (TPSA) is 64.6 Å². The molecule has 3 aliphatic rings. The highest BCUT2D eigenvalue weighted by Gasteiger charge is 2.42. The molecule has 0 unspecified atom stereocenters. The van der Waals surface area contributed by atoms with Gasteiger partial charge < -0.3 is 14.8 Å². The summed E-state index contributed by atoms with van der Waals surface area (Å²) < 4.78 is 11.5. The average Bonchev–Trinajstić information content (AvgIpc) is 3.36. The van der Waals surface area contributed by atoms with Crippen molar-refractivity contribution in [2.75, 3.05) is 7.11 Å². The van der Waals surface area contributed by atoms with Crippen LogP contribution in [0.15, 0.2) is 71.1 Å². The SMILES string of the molecule is COc1ccccc1[C@H]1CC(=O)C2=C(C1)NC(C)=C(C(=O)OC1CCCC1)[C@H]2c1ccc(Cl)cc1. The molecule has 35 heavy (non-hydrogen) atoms. The molecule has 5 nitrogen and oxygen atoms in total. The van der Waals surface area contributed by atoms with Gasteiger partial charge in [0.25, 0.3) is 0 Å². The molecule has 2 atom stereocenters. The molecule has 0 saturated heterocycles. The predicted molar refractivity (Wildman–Crippen MR) is 135 cm³/mol. The van der Waals surface area contributed by atoms with E-state index in [0.717, 1.165) is 54.0 Å². The molecule has 1 saturated carbocycles. The third-order valence-corrected chi connectivity index (χ3v) is 7.66. The number of ketones is 1. The van der Waals surface area contributed by atoms with Crippen LogP contribution in [0, 0.1) is 0 Å². The largest absolute Gasteiger partial charge is 0.496 e. The van der Waals surface area contributed by atoms with Crippen molar-refractivity contribution in [2.24, 2.45) is 0 Å². The predicted octanol–water partition coefficient (Wildman–Crippen LogP) is 6.20. The summed E-state index contributed by atoms with van der Waals surface area (Å²) >= 11 is 6.17. The van der Waals surface area contributed by atoms with Crippen LogP contribution in [0.4, 0.5) is 0 Å². The maximum atomic E-state index is 13.7. The first-order chi connectivity index (χ1) is 17.0. The second-order valence-electron chi connectivity index (χ2n) is 9.62. The lowest BCUT2D eigenvalue weighted by molar-refractivity contribution is -0.144. The lowest BCUT2D eigenvalue weighted by atomic mass is 9.71. The van der Waals surface area contributed by atoms with Crippen molar-refractivity contribution >= 4 is 23.4 Å². The fraction of sp³-hybridized carbons (Fsp3) is 0.379. The Labute approximate surface area is 211 Å². The molecular formula is C29H30ClNO4. The zero-order valence-electron chi connectivity index (χ0n) is 20.1. The van der Waals surface area contributed by atoms with E-state index in [2.05, 4.69) is 5.32 Å². The van der Waals surface area contributed by atoms with Gasteiger partial charge in [0.05, 0.1) is 12.7 Å². The average molecular weight is 492 g/mol. The number of rotatable bonds is 5. The van der Waals surface area contributed by atoms with E-state index in [4.69, 9.17) is 21.1 Å². The van der Waals surface area contributed by atoms with Gasteiger partial charge >= 0.3 is 5.97 Å². The van der Waals surface area contributed by atoms with Crippen molar-refractivity contribution in [1.29, 1.82) is 0 Å². The van der Waals surface area contributed by atoms with Gasteiger partial charge in [-0.2, -0.15) is 0 Å². The molecule has 0 spiro atoms. The Morgan fingerprint density at radius 1 is 1.03 bits per heavy atom. The van der Waals surface area contributed by atoms with E-state index in [1.807, 2.05) is 43.3 Å². The number of hydrogen-bond acceptors (Lipinski definition) is 5. The summed E-state index contributed by atoms with van der Waals surface area (Å²) in [7, 11) is 1.65. The van der Waals surface area contributed by atoms with Crippen LogP contribution in [0.5, 0.6) is 5.75 Å². The number of hydrogen-bond donors (Lipinski definition) is 1. The normalized spacial score (nSPS) is 22.7. The van der Waals surface area contributed by atoms with Crippen molar-refractivity contribution < 1.29 is 19.1 Å². The minimum Gasteiger partial charge on any atom is -0.496 e. The Kier molecular flexibility index (Phi) is 6.70. The molecule has 2 aliphatic carbocycles. The fourth-order valence-electron chi connectivity index (χ4n) is 5.74. The molecule has 1 fully saturated rings. The molecule has 6 heteroatoms. The van der Waals surface area contributed by atoms with Crippen LogP contribution in [-0.4, -0.2) is 25.0 Å².